The summed E-state index contributed by atoms with van der Waals surface area (Å²) in [6.45, 7) is 1.81. The van der Waals surface area contributed by atoms with Crippen LogP contribution in [0.3, 0.4) is 0 Å². The summed E-state index contributed by atoms with van der Waals surface area (Å²) in [6, 6.07) is 2.31. The van der Waals surface area contributed by atoms with E-state index in [1.165, 1.54) is 6.07 Å². The van der Waals surface area contributed by atoms with Crippen LogP contribution in [-0.2, 0) is 20.6 Å². The normalized spacial score (nSPS) is 18.4. The molecule has 3 amide bonds. The van der Waals surface area contributed by atoms with Crippen LogP contribution in [0.1, 0.15) is 24.8 Å². The van der Waals surface area contributed by atoms with E-state index >= 15 is 0 Å². The number of nitrogens with zero attached hydrogens (tertiary/aromatic N) is 4. The second-order valence-electron chi connectivity index (χ2n) is 6.46. The van der Waals surface area contributed by atoms with E-state index in [9.17, 15) is 27.6 Å². The number of alkyl halides is 3. The molecule has 146 valence electrons. The second-order valence-corrected chi connectivity index (χ2v) is 6.46. The van der Waals surface area contributed by atoms with Gasteiger partial charge in [-0.1, -0.05) is 0 Å². The number of amides is 3. The molecule has 1 aromatic heterocycles. The molecule has 0 aromatic carbocycles. The molecular weight excluding hydrogens is 365 g/mol. The molecule has 2 saturated heterocycles. The quantitative estimate of drug-likeness (QED) is 0.732. The van der Waals surface area contributed by atoms with E-state index in [1.807, 2.05) is 4.90 Å². The van der Waals surface area contributed by atoms with E-state index in [-0.39, 0.29) is 43.5 Å². The van der Waals surface area contributed by atoms with Gasteiger partial charge in [0.1, 0.15) is 5.82 Å². The fourth-order valence-corrected chi connectivity index (χ4v) is 3.16. The number of carbonyl (C=O) groups is 3. The Morgan fingerprint density at radius 2 is 1.67 bits per heavy atom. The van der Waals surface area contributed by atoms with Gasteiger partial charge in [0.25, 0.3) is 0 Å². The fourth-order valence-electron chi connectivity index (χ4n) is 3.16. The lowest BCUT2D eigenvalue weighted by molar-refractivity contribution is -0.140. The molecule has 0 atom stereocenters. The van der Waals surface area contributed by atoms with Crippen molar-refractivity contribution in [1.82, 2.24) is 14.8 Å². The summed E-state index contributed by atoms with van der Waals surface area (Å²) < 4.78 is 37.8. The molecule has 0 unspecified atom stereocenters. The molecule has 0 spiro atoms. The van der Waals surface area contributed by atoms with Gasteiger partial charge in [-0.15, -0.1) is 0 Å². The van der Waals surface area contributed by atoms with Crippen molar-refractivity contribution in [3.05, 3.63) is 23.9 Å². The van der Waals surface area contributed by atoms with Gasteiger partial charge >= 0.3 is 6.18 Å². The number of hydrogen-bond acceptors (Lipinski definition) is 5. The number of piperazine rings is 1. The Kier molecular flexibility index (Phi) is 5.33. The van der Waals surface area contributed by atoms with Crippen molar-refractivity contribution in [2.45, 2.75) is 25.4 Å². The first-order valence-electron chi connectivity index (χ1n) is 8.65. The Bertz CT molecular complexity index is 712. The van der Waals surface area contributed by atoms with Crippen LogP contribution >= 0.6 is 0 Å². The molecular formula is C17H19F3N4O3. The molecule has 2 fully saturated rings. The van der Waals surface area contributed by atoms with E-state index in [2.05, 4.69) is 4.98 Å². The van der Waals surface area contributed by atoms with Crippen LogP contribution in [0.2, 0.25) is 0 Å². The highest BCUT2D eigenvalue weighted by Crippen LogP contribution is 2.29. The smallest absolute Gasteiger partial charge is 0.353 e. The first-order chi connectivity index (χ1) is 12.8. The Morgan fingerprint density at radius 1 is 1.04 bits per heavy atom. The maximum atomic E-state index is 12.6. The van der Waals surface area contributed by atoms with Gasteiger partial charge in [-0.05, 0) is 12.1 Å². The summed E-state index contributed by atoms with van der Waals surface area (Å²) in [5.41, 5.74) is -0.800. The second kappa shape index (κ2) is 7.53. The predicted octanol–water partition coefficient (Wildman–Crippen LogP) is 1.29. The standard InChI is InChI=1S/C17H19F3N4O3/c18-17(19,20)12-1-2-13(21-11-12)22-7-9-23(10-8-22)14(25)5-6-24-15(26)3-4-16(24)27/h1-2,11H,3-10H2. The Balaban J connectivity index is 1.49. The topological polar surface area (TPSA) is 73.8 Å². The van der Waals surface area contributed by atoms with E-state index in [4.69, 9.17) is 0 Å². The number of rotatable bonds is 4. The van der Waals surface area contributed by atoms with Gasteiger partial charge in [0, 0.05) is 58.2 Å². The molecule has 7 nitrogen and oxygen atoms in total. The molecule has 10 heteroatoms. The molecule has 0 bridgehead atoms. The zero-order valence-electron chi connectivity index (χ0n) is 14.5. The lowest BCUT2D eigenvalue weighted by Gasteiger charge is -2.35. The van der Waals surface area contributed by atoms with Gasteiger partial charge in [0.05, 0.1) is 5.56 Å². The molecule has 3 heterocycles. The van der Waals surface area contributed by atoms with Gasteiger partial charge in [0.2, 0.25) is 17.7 Å². The molecule has 1 aromatic rings. The molecule has 0 radical (unpaired) electrons. The minimum atomic E-state index is -4.42. The van der Waals surface area contributed by atoms with Crippen molar-refractivity contribution in [1.29, 1.82) is 0 Å². The number of likely N-dealkylation sites (tertiary alicyclic amines) is 1. The zero-order chi connectivity index (χ0) is 19.6. The van der Waals surface area contributed by atoms with Crippen LogP contribution in [0.5, 0.6) is 0 Å². The van der Waals surface area contributed by atoms with E-state index in [0.717, 1.165) is 17.2 Å². The molecule has 2 aliphatic heterocycles. The van der Waals surface area contributed by atoms with Crippen LogP contribution in [0.25, 0.3) is 0 Å². The largest absolute Gasteiger partial charge is 0.417 e. The average molecular weight is 384 g/mol. The Labute approximate surface area is 153 Å². The molecule has 0 aliphatic carbocycles. The summed E-state index contributed by atoms with van der Waals surface area (Å²) in [7, 11) is 0. The van der Waals surface area contributed by atoms with Gasteiger partial charge in [-0.25, -0.2) is 4.98 Å². The highest BCUT2D eigenvalue weighted by Gasteiger charge is 2.32. The monoisotopic (exact) mass is 384 g/mol. The maximum Gasteiger partial charge on any atom is 0.417 e. The van der Waals surface area contributed by atoms with Crippen LogP contribution in [0.15, 0.2) is 18.3 Å². The van der Waals surface area contributed by atoms with Crippen molar-refractivity contribution < 1.29 is 27.6 Å². The Hall–Kier alpha value is -2.65. The third kappa shape index (κ3) is 4.37. The summed E-state index contributed by atoms with van der Waals surface area (Å²) in [5, 5.41) is 0. The van der Waals surface area contributed by atoms with Gasteiger partial charge in [-0.2, -0.15) is 13.2 Å². The average Bonchev–Trinajstić information content (AvgIpc) is 2.97. The van der Waals surface area contributed by atoms with Crippen LogP contribution in [0, 0.1) is 0 Å². The lowest BCUT2D eigenvalue weighted by Crippen LogP contribution is -2.49. The number of anilines is 1. The van der Waals surface area contributed by atoms with Gasteiger partial charge in [0.15, 0.2) is 0 Å². The minimum absolute atomic E-state index is 0.0794. The number of pyridine rings is 1. The van der Waals surface area contributed by atoms with Crippen molar-refractivity contribution in [3.8, 4) is 0 Å². The fraction of sp³-hybridized carbons (Fsp3) is 0.529. The minimum Gasteiger partial charge on any atom is -0.353 e. The maximum absolute atomic E-state index is 12.6. The Morgan fingerprint density at radius 3 is 2.19 bits per heavy atom. The van der Waals surface area contributed by atoms with E-state index in [1.54, 1.807) is 4.90 Å². The number of hydrogen-bond donors (Lipinski definition) is 0. The molecule has 0 saturated carbocycles. The zero-order valence-corrected chi connectivity index (χ0v) is 14.5. The summed E-state index contributed by atoms with van der Waals surface area (Å²) in [5.74, 6) is -0.206. The van der Waals surface area contributed by atoms with E-state index < -0.39 is 11.7 Å². The van der Waals surface area contributed by atoms with Crippen LogP contribution in [0.4, 0.5) is 19.0 Å². The summed E-state index contributed by atoms with van der Waals surface area (Å²) >= 11 is 0. The third-order valence-electron chi connectivity index (χ3n) is 4.74. The van der Waals surface area contributed by atoms with Gasteiger partial charge < -0.3 is 9.80 Å². The van der Waals surface area contributed by atoms with Crippen LogP contribution < -0.4 is 4.90 Å². The molecule has 2 aliphatic rings. The first kappa shape index (κ1) is 19.1. The van der Waals surface area contributed by atoms with Gasteiger partial charge in [-0.3, -0.25) is 19.3 Å². The highest BCUT2D eigenvalue weighted by molar-refractivity contribution is 6.02. The molecule has 0 N–H and O–H groups in total. The SMILES string of the molecule is O=C(CCN1C(=O)CCC1=O)N1CCN(c2ccc(C(F)(F)F)cn2)CC1. The van der Waals surface area contributed by atoms with E-state index in [0.29, 0.717) is 32.0 Å². The number of halogens is 3. The highest BCUT2D eigenvalue weighted by atomic mass is 19.4. The van der Waals surface area contributed by atoms with Crippen molar-refractivity contribution in [3.63, 3.8) is 0 Å². The van der Waals surface area contributed by atoms with Crippen molar-refractivity contribution in [2.24, 2.45) is 0 Å². The van der Waals surface area contributed by atoms with Crippen LogP contribution in [-0.4, -0.2) is 65.2 Å². The number of aromatic nitrogens is 1. The summed E-state index contributed by atoms with van der Waals surface area (Å²) in [4.78, 5) is 43.8. The van der Waals surface area contributed by atoms with Crippen molar-refractivity contribution in [2.75, 3.05) is 37.6 Å². The lowest BCUT2D eigenvalue weighted by atomic mass is 10.2. The number of carbonyl (C=O) groups excluding carboxylic acids is 3. The van der Waals surface area contributed by atoms with Crippen molar-refractivity contribution >= 4 is 23.5 Å². The summed E-state index contributed by atoms with van der Waals surface area (Å²) in [6.07, 6.45) is -3.14. The molecule has 3 rings (SSSR count). The third-order valence-corrected chi connectivity index (χ3v) is 4.74. The predicted molar refractivity (Wildman–Crippen MR) is 88.6 cm³/mol. The molecule has 27 heavy (non-hydrogen) atoms. The number of imide groups is 1. The first-order valence-corrected chi connectivity index (χ1v) is 8.65.